The van der Waals surface area contributed by atoms with E-state index in [1.807, 2.05) is 0 Å². The van der Waals surface area contributed by atoms with Gasteiger partial charge in [0.25, 0.3) is 0 Å². The Balaban J connectivity index is 1.33. The minimum Gasteiger partial charge on any atom is -0.251 e. The summed E-state index contributed by atoms with van der Waals surface area (Å²) >= 11 is 0. The fourth-order valence-electron chi connectivity index (χ4n) is 6.03. The van der Waals surface area contributed by atoms with E-state index in [0.29, 0.717) is 11.8 Å². The number of hydrogen-bond acceptors (Lipinski definition) is 0. The van der Waals surface area contributed by atoms with Gasteiger partial charge in [-0.2, -0.15) is 0 Å². The van der Waals surface area contributed by atoms with Gasteiger partial charge in [0, 0.05) is 0 Å². The predicted octanol–water partition coefficient (Wildman–Crippen LogP) is 9.06. The van der Waals surface area contributed by atoms with Gasteiger partial charge >= 0.3 is 0 Å². The molecule has 1 heteroatoms. The molecule has 2 aliphatic carbocycles. The molecule has 0 aromatic heterocycles. The molecule has 2 aromatic carbocycles. The van der Waals surface area contributed by atoms with Gasteiger partial charge in [0.15, 0.2) is 0 Å². The Morgan fingerprint density at radius 2 is 1.00 bits per heavy atom. The molecule has 0 bridgehead atoms. The molecule has 30 heavy (non-hydrogen) atoms. The van der Waals surface area contributed by atoms with E-state index in [1.54, 1.807) is 0 Å². The average Bonchev–Trinajstić information content (AvgIpc) is 2.81. The summed E-state index contributed by atoms with van der Waals surface area (Å²) in [5, 5.41) is 0. The Morgan fingerprint density at radius 1 is 0.600 bits per heavy atom. The first kappa shape index (κ1) is 21.6. The summed E-state index contributed by atoms with van der Waals surface area (Å²) in [5.74, 6) is 3.02. The van der Waals surface area contributed by atoms with Crippen molar-refractivity contribution in [1.82, 2.24) is 0 Å². The first-order valence-corrected chi connectivity index (χ1v) is 12.5. The van der Waals surface area contributed by atoms with Crippen LogP contribution in [0.1, 0.15) is 101 Å². The van der Waals surface area contributed by atoms with E-state index >= 15 is 0 Å². The molecule has 2 saturated carbocycles. The largest absolute Gasteiger partial charge is 0.251 e. The first-order chi connectivity index (χ1) is 14.8. The molecule has 0 saturated heterocycles. The van der Waals surface area contributed by atoms with Crippen molar-refractivity contribution in [2.75, 3.05) is 6.67 Å². The zero-order valence-electron chi connectivity index (χ0n) is 18.8. The van der Waals surface area contributed by atoms with Crippen LogP contribution in [0.4, 0.5) is 4.39 Å². The van der Waals surface area contributed by atoms with E-state index in [4.69, 9.17) is 0 Å². The molecule has 0 heterocycles. The van der Waals surface area contributed by atoms with E-state index in [2.05, 4.69) is 55.5 Å². The Kier molecular flexibility index (Phi) is 7.63. The number of halogens is 1. The van der Waals surface area contributed by atoms with Crippen LogP contribution in [0, 0.1) is 11.8 Å². The lowest BCUT2D eigenvalue weighted by molar-refractivity contribution is 0.283. The highest BCUT2D eigenvalue weighted by Crippen LogP contribution is 2.39. The third kappa shape index (κ3) is 5.34. The van der Waals surface area contributed by atoms with Crippen LogP contribution in [0.15, 0.2) is 48.5 Å². The molecule has 4 rings (SSSR count). The van der Waals surface area contributed by atoms with E-state index in [9.17, 15) is 4.39 Å². The van der Waals surface area contributed by atoms with Gasteiger partial charge in [-0.15, -0.1) is 0 Å². The van der Waals surface area contributed by atoms with Gasteiger partial charge in [0.1, 0.15) is 0 Å². The highest BCUT2D eigenvalue weighted by molar-refractivity contribution is 5.64. The molecular weight excluding hydrogens is 367 g/mol. The zero-order valence-corrected chi connectivity index (χ0v) is 18.8. The molecule has 0 radical (unpaired) electrons. The molecule has 2 aliphatic rings. The van der Waals surface area contributed by atoms with Crippen molar-refractivity contribution < 1.29 is 4.39 Å². The van der Waals surface area contributed by atoms with Gasteiger partial charge in [0.05, 0.1) is 6.67 Å². The second-order valence-electron chi connectivity index (χ2n) is 9.95. The van der Waals surface area contributed by atoms with Gasteiger partial charge in [-0.1, -0.05) is 68.3 Å². The molecule has 0 N–H and O–H groups in total. The Hall–Kier alpha value is -1.63. The fraction of sp³-hybridized carbons (Fsp3) is 0.586. The minimum absolute atomic E-state index is 0.150. The zero-order chi connectivity index (χ0) is 20.8. The number of hydrogen-bond donors (Lipinski definition) is 0. The van der Waals surface area contributed by atoms with Crippen LogP contribution in [0.2, 0.25) is 0 Å². The molecular formula is C29H39F. The van der Waals surface area contributed by atoms with Crippen molar-refractivity contribution in [1.29, 1.82) is 0 Å². The SMILES string of the molecule is CCCC1CCC(c2ccc(-c3ccc(C4CCC(CCF)CC4)cc3)cc2)CC1. The van der Waals surface area contributed by atoms with Crippen molar-refractivity contribution in [3.8, 4) is 11.1 Å². The quantitative estimate of drug-likeness (QED) is 0.430. The van der Waals surface area contributed by atoms with Crippen LogP contribution < -0.4 is 0 Å². The lowest BCUT2D eigenvalue weighted by Crippen LogP contribution is -2.13. The van der Waals surface area contributed by atoms with Crippen molar-refractivity contribution in [3.63, 3.8) is 0 Å². The van der Waals surface area contributed by atoms with Crippen LogP contribution in [0.25, 0.3) is 11.1 Å². The van der Waals surface area contributed by atoms with Gasteiger partial charge in [-0.3, -0.25) is 4.39 Å². The average molecular weight is 407 g/mol. The molecule has 162 valence electrons. The standard InChI is InChI=1S/C29H39F/c1-2-3-22-4-8-24(9-5-22)26-12-16-28(17-13-26)29-18-14-27(15-19-29)25-10-6-23(7-11-25)20-21-30/h12-19,22-25H,2-11,20-21H2,1H3. The summed E-state index contributed by atoms with van der Waals surface area (Å²) in [4.78, 5) is 0. The van der Waals surface area contributed by atoms with Gasteiger partial charge in [0.2, 0.25) is 0 Å². The van der Waals surface area contributed by atoms with Crippen molar-refractivity contribution >= 4 is 0 Å². The molecule has 0 spiro atoms. The summed E-state index contributed by atoms with van der Waals surface area (Å²) < 4.78 is 12.6. The van der Waals surface area contributed by atoms with Crippen molar-refractivity contribution in [2.45, 2.75) is 89.4 Å². The maximum Gasteiger partial charge on any atom is 0.0897 e. The molecule has 2 fully saturated rings. The Bertz CT molecular complexity index is 676. The number of rotatable bonds is 7. The Morgan fingerprint density at radius 3 is 1.37 bits per heavy atom. The minimum atomic E-state index is -0.150. The molecule has 2 aromatic rings. The maximum absolute atomic E-state index is 12.6. The van der Waals surface area contributed by atoms with E-state index < -0.39 is 0 Å². The molecule has 0 amide bonds. The maximum atomic E-state index is 12.6. The highest BCUT2D eigenvalue weighted by Gasteiger charge is 2.23. The molecule has 0 nitrogen and oxygen atoms in total. The molecule has 0 atom stereocenters. The summed E-state index contributed by atoms with van der Waals surface area (Å²) in [7, 11) is 0. The normalized spacial score (nSPS) is 27.1. The van der Waals surface area contributed by atoms with Crippen LogP contribution in [0.3, 0.4) is 0 Å². The molecule has 0 aliphatic heterocycles. The topological polar surface area (TPSA) is 0 Å². The van der Waals surface area contributed by atoms with Gasteiger partial charge in [-0.25, -0.2) is 0 Å². The van der Waals surface area contributed by atoms with Gasteiger partial charge in [-0.05, 0) is 104 Å². The Labute approximate surface area is 183 Å². The number of benzene rings is 2. The lowest BCUT2D eigenvalue weighted by atomic mass is 9.77. The summed E-state index contributed by atoms with van der Waals surface area (Å²) in [6.45, 7) is 2.17. The van der Waals surface area contributed by atoms with E-state index in [-0.39, 0.29) is 6.67 Å². The van der Waals surface area contributed by atoms with Crippen molar-refractivity contribution in [2.24, 2.45) is 11.8 Å². The number of alkyl halides is 1. The van der Waals surface area contributed by atoms with Crippen LogP contribution in [0.5, 0.6) is 0 Å². The highest BCUT2D eigenvalue weighted by atomic mass is 19.1. The van der Waals surface area contributed by atoms with Gasteiger partial charge < -0.3 is 0 Å². The third-order valence-electron chi connectivity index (χ3n) is 8.01. The van der Waals surface area contributed by atoms with Crippen LogP contribution in [-0.2, 0) is 0 Å². The summed E-state index contributed by atoms with van der Waals surface area (Å²) in [6, 6.07) is 18.7. The first-order valence-electron chi connectivity index (χ1n) is 12.5. The lowest BCUT2D eigenvalue weighted by Gasteiger charge is -2.29. The summed E-state index contributed by atoms with van der Waals surface area (Å²) in [6.07, 6.45) is 13.9. The van der Waals surface area contributed by atoms with E-state index in [1.165, 1.54) is 86.5 Å². The second-order valence-corrected chi connectivity index (χ2v) is 9.95. The van der Waals surface area contributed by atoms with Crippen LogP contribution >= 0.6 is 0 Å². The fourth-order valence-corrected chi connectivity index (χ4v) is 6.03. The predicted molar refractivity (Wildman–Crippen MR) is 127 cm³/mol. The van der Waals surface area contributed by atoms with Crippen LogP contribution in [-0.4, -0.2) is 6.67 Å². The van der Waals surface area contributed by atoms with Crippen molar-refractivity contribution in [3.05, 3.63) is 59.7 Å². The smallest absolute Gasteiger partial charge is 0.0897 e. The summed E-state index contributed by atoms with van der Waals surface area (Å²) in [5.41, 5.74) is 5.66. The second kappa shape index (κ2) is 10.6. The monoisotopic (exact) mass is 406 g/mol. The third-order valence-corrected chi connectivity index (χ3v) is 8.01. The van der Waals surface area contributed by atoms with E-state index in [0.717, 1.165) is 18.3 Å². The molecule has 0 unspecified atom stereocenters.